The third kappa shape index (κ3) is 2.99. The summed E-state index contributed by atoms with van der Waals surface area (Å²) in [5.41, 5.74) is 2.04. The van der Waals surface area contributed by atoms with Crippen molar-refractivity contribution in [2.75, 3.05) is 0 Å². The standard InChI is InChI=1S/C20H18N6O2S/c1-2-17-24-25(19(28)15-9-12-7-8-29-20(12)26(15)17)11-18(27)21-10-16-22-13-5-3-4-6-14(13)23-16/h3-9H,2,10-11H2,1H3,(H,21,27)(H,22,23). The molecule has 0 aliphatic carbocycles. The van der Waals surface area contributed by atoms with Crippen LogP contribution < -0.4 is 10.9 Å². The number of hydrogen-bond donors (Lipinski definition) is 2. The first kappa shape index (κ1) is 17.6. The Kier molecular flexibility index (Phi) is 4.17. The second-order valence-corrected chi connectivity index (χ2v) is 7.65. The molecule has 4 heterocycles. The average Bonchev–Trinajstić information content (AvgIpc) is 3.42. The van der Waals surface area contributed by atoms with E-state index in [0.29, 0.717) is 17.8 Å². The number of thiophene rings is 1. The van der Waals surface area contributed by atoms with Gasteiger partial charge in [-0.15, -0.1) is 11.3 Å². The maximum atomic E-state index is 12.9. The van der Waals surface area contributed by atoms with Gasteiger partial charge in [-0.2, -0.15) is 5.10 Å². The van der Waals surface area contributed by atoms with Crippen molar-refractivity contribution in [3.8, 4) is 0 Å². The number of carbonyl (C=O) groups excluding carboxylic acids is 1. The molecule has 1 aromatic carbocycles. The Labute approximate surface area is 168 Å². The summed E-state index contributed by atoms with van der Waals surface area (Å²) in [6.45, 7) is 2.10. The summed E-state index contributed by atoms with van der Waals surface area (Å²) < 4.78 is 3.14. The van der Waals surface area contributed by atoms with Gasteiger partial charge in [-0.3, -0.25) is 14.0 Å². The minimum Gasteiger partial charge on any atom is -0.347 e. The molecule has 0 atom stereocenters. The molecule has 0 saturated carbocycles. The molecule has 5 rings (SSSR count). The topological polar surface area (TPSA) is 97.1 Å². The molecule has 29 heavy (non-hydrogen) atoms. The number of rotatable bonds is 5. The number of amides is 1. The molecular formula is C20H18N6O2S. The number of aryl methyl sites for hydroxylation is 1. The largest absolute Gasteiger partial charge is 0.347 e. The first-order valence-electron chi connectivity index (χ1n) is 9.33. The molecule has 1 amide bonds. The van der Waals surface area contributed by atoms with Crippen molar-refractivity contribution >= 4 is 44.0 Å². The van der Waals surface area contributed by atoms with Crippen LogP contribution in [0.2, 0.25) is 0 Å². The van der Waals surface area contributed by atoms with Crippen LogP contribution in [0.3, 0.4) is 0 Å². The summed E-state index contributed by atoms with van der Waals surface area (Å²) in [4.78, 5) is 33.9. The predicted molar refractivity (Wildman–Crippen MR) is 112 cm³/mol. The van der Waals surface area contributed by atoms with Crippen molar-refractivity contribution in [1.82, 2.24) is 29.5 Å². The summed E-state index contributed by atoms with van der Waals surface area (Å²) in [5, 5.41) is 10.2. The van der Waals surface area contributed by atoms with Crippen molar-refractivity contribution in [2.45, 2.75) is 26.4 Å². The van der Waals surface area contributed by atoms with Gasteiger partial charge < -0.3 is 10.3 Å². The Morgan fingerprint density at radius 3 is 2.97 bits per heavy atom. The number of imidazole rings is 1. The van der Waals surface area contributed by atoms with Crippen molar-refractivity contribution < 1.29 is 4.79 Å². The van der Waals surface area contributed by atoms with E-state index >= 15 is 0 Å². The number of aromatic nitrogens is 5. The van der Waals surface area contributed by atoms with E-state index in [9.17, 15) is 9.59 Å². The molecule has 4 aromatic heterocycles. The van der Waals surface area contributed by atoms with Crippen LogP contribution in [0.4, 0.5) is 0 Å². The van der Waals surface area contributed by atoms with Crippen LogP contribution in [0.1, 0.15) is 18.6 Å². The lowest BCUT2D eigenvalue weighted by Gasteiger charge is -2.09. The van der Waals surface area contributed by atoms with Gasteiger partial charge in [-0.25, -0.2) is 9.67 Å². The fourth-order valence-electron chi connectivity index (χ4n) is 3.50. The van der Waals surface area contributed by atoms with Gasteiger partial charge in [0.25, 0.3) is 5.56 Å². The minimum atomic E-state index is -0.292. The van der Waals surface area contributed by atoms with Crippen molar-refractivity contribution in [3.05, 3.63) is 63.8 Å². The second-order valence-electron chi connectivity index (χ2n) is 6.76. The van der Waals surface area contributed by atoms with E-state index in [1.165, 1.54) is 4.68 Å². The van der Waals surface area contributed by atoms with Gasteiger partial charge >= 0.3 is 0 Å². The first-order chi connectivity index (χ1) is 14.1. The monoisotopic (exact) mass is 406 g/mol. The molecule has 0 bridgehead atoms. The smallest absolute Gasteiger partial charge is 0.291 e. The zero-order valence-corrected chi connectivity index (χ0v) is 16.5. The zero-order valence-electron chi connectivity index (χ0n) is 15.7. The molecule has 146 valence electrons. The van der Waals surface area contributed by atoms with Gasteiger partial charge in [-0.05, 0) is 29.6 Å². The van der Waals surface area contributed by atoms with Crippen molar-refractivity contribution in [3.63, 3.8) is 0 Å². The summed E-state index contributed by atoms with van der Waals surface area (Å²) in [5.74, 6) is 1.12. The molecule has 0 saturated heterocycles. The fourth-order valence-corrected chi connectivity index (χ4v) is 4.41. The second kappa shape index (κ2) is 6.85. The molecule has 8 nitrogen and oxygen atoms in total. The Bertz CT molecular complexity index is 1390. The van der Waals surface area contributed by atoms with E-state index in [4.69, 9.17) is 0 Å². The molecule has 5 aromatic rings. The quantitative estimate of drug-likeness (QED) is 0.469. The van der Waals surface area contributed by atoms with Crippen LogP contribution in [-0.2, 0) is 24.3 Å². The molecule has 0 unspecified atom stereocenters. The van der Waals surface area contributed by atoms with Crippen LogP contribution in [0.25, 0.3) is 26.8 Å². The van der Waals surface area contributed by atoms with Crippen molar-refractivity contribution in [2.24, 2.45) is 0 Å². The lowest BCUT2D eigenvalue weighted by Crippen LogP contribution is -2.35. The van der Waals surface area contributed by atoms with E-state index in [-0.39, 0.29) is 24.6 Å². The third-order valence-electron chi connectivity index (χ3n) is 4.86. The van der Waals surface area contributed by atoms with E-state index in [0.717, 1.165) is 27.1 Å². The molecule has 2 N–H and O–H groups in total. The predicted octanol–water partition coefficient (Wildman–Crippen LogP) is 2.47. The summed E-state index contributed by atoms with van der Waals surface area (Å²) in [6, 6.07) is 11.5. The number of fused-ring (bicyclic) bond motifs is 4. The van der Waals surface area contributed by atoms with Crippen LogP contribution >= 0.6 is 11.3 Å². The van der Waals surface area contributed by atoms with Crippen LogP contribution in [0.15, 0.2) is 46.6 Å². The SMILES string of the molecule is CCc1nn(CC(=O)NCc2nc3ccccc3[nH]2)c(=O)c2cc3ccsc3n12. The van der Waals surface area contributed by atoms with Gasteiger partial charge in [0.2, 0.25) is 5.91 Å². The highest BCUT2D eigenvalue weighted by atomic mass is 32.1. The number of H-pyrrole nitrogens is 1. The summed E-state index contributed by atoms with van der Waals surface area (Å²) in [7, 11) is 0. The van der Waals surface area contributed by atoms with Crippen LogP contribution in [0.5, 0.6) is 0 Å². The number of hydrogen-bond acceptors (Lipinski definition) is 5. The molecule has 0 aliphatic heterocycles. The maximum Gasteiger partial charge on any atom is 0.291 e. The van der Waals surface area contributed by atoms with E-state index in [2.05, 4.69) is 20.4 Å². The van der Waals surface area contributed by atoms with Crippen LogP contribution in [-0.4, -0.2) is 30.1 Å². The number of para-hydroxylation sites is 2. The number of nitrogens with one attached hydrogen (secondary N) is 2. The highest BCUT2D eigenvalue weighted by molar-refractivity contribution is 7.16. The number of nitrogens with zero attached hydrogens (tertiary/aromatic N) is 4. The minimum absolute atomic E-state index is 0.138. The van der Waals surface area contributed by atoms with Gasteiger partial charge in [0.1, 0.15) is 28.5 Å². The van der Waals surface area contributed by atoms with E-state index in [1.54, 1.807) is 11.3 Å². The van der Waals surface area contributed by atoms with Crippen LogP contribution in [0, 0.1) is 0 Å². The molecule has 0 aliphatic rings. The van der Waals surface area contributed by atoms with Gasteiger partial charge in [0.05, 0.1) is 17.6 Å². The molecule has 0 radical (unpaired) electrons. The fraction of sp³-hybridized carbons (Fsp3) is 0.200. The molecule has 9 heteroatoms. The maximum absolute atomic E-state index is 12.9. The molecular weight excluding hydrogens is 388 g/mol. The molecule has 0 spiro atoms. The lowest BCUT2D eigenvalue weighted by molar-refractivity contribution is -0.122. The van der Waals surface area contributed by atoms with E-state index in [1.807, 2.05) is 53.1 Å². The Hall–Kier alpha value is -3.46. The average molecular weight is 406 g/mol. The molecule has 0 fully saturated rings. The Morgan fingerprint density at radius 1 is 1.28 bits per heavy atom. The highest BCUT2D eigenvalue weighted by Gasteiger charge is 2.16. The Balaban J connectivity index is 1.39. The summed E-state index contributed by atoms with van der Waals surface area (Å²) in [6.07, 6.45) is 0.652. The normalized spacial score (nSPS) is 11.6. The van der Waals surface area contributed by atoms with E-state index < -0.39 is 0 Å². The van der Waals surface area contributed by atoms with Gasteiger partial charge in [-0.1, -0.05) is 19.1 Å². The number of carbonyl (C=O) groups is 1. The van der Waals surface area contributed by atoms with Gasteiger partial charge in [0, 0.05) is 11.8 Å². The lowest BCUT2D eigenvalue weighted by atomic mass is 10.3. The van der Waals surface area contributed by atoms with Gasteiger partial charge in [0.15, 0.2) is 0 Å². The number of benzene rings is 1. The Morgan fingerprint density at radius 2 is 2.14 bits per heavy atom. The summed E-state index contributed by atoms with van der Waals surface area (Å²) >= 11 is 1.57. The zero-order chi connectivity index (χ0) is 20.0. The first-order valence-corrected chi connectivity index (χ1v) is 10.2. The third-order valence-corrected chi connectivity index (χ3v) is 5.77. The van der Waals surface area contributed by atoms with Crippen molar-refractivity contribution in [1.29, 1.82) is 0 Å². The number of aromatic amines is 1. The highest BCUT2D eigenvalue weighted by Crippen LogP contribution is 2.24.